The van der Waals surface area contributed by atoms with Crippen molar-refractivity contribution in [1.82, 2.24) is 9.96 Å². The van der Waals surface area contributed by atoms with Crippen LogP contribution in [0.15, 0.2) is 0 Å². The summed E-state index contributed by atoms with van der Waals surface area (Å²) in [6.45, 7) is 1.68. The Morgan fingerprint density at radius 3 is 2.77 bits per heavy atom. The molecule has 1 N–H and O–H groups in total. The predicted molar refractivity (Wildman–Crippen MR) is 45.3 cm³/mol. The predicted octanol–water partition coefficient (Wildman–Crippen LogP) is 1.06. The minimum atomic E-state index is -0.181. The van der Waals surface area contributed by atoms with E-state index in [1.807, 2.05) is 0 Å². The summed E-state index contributed by atoms with van der Waals surface area (Å²) < 4.78 is 0. The van der Waals surface area contributed by atoms with Gasteiger partial charge in [-0.15, -0.1) is 0 Å². The average Bonchev–Trinajstić information content (AvgIpc) is 2.91. The molecule has 1 atom stereocenters. The molecule has 4 heteroatoms. The molecule has 1 saturated carbocycles. The van der Waals surface area contributed by atoms with E-state index in [0.717, 1.165) is 31.0 Å². The molecule has 0 aromatic rings. The molecule has 4 aliphatic rings. The zero-order valence-electron chi connectivity index (χ0n) is 7.57. The molecular weight excluding hydrogens is 168 g/mol. The number of hydroxylamine groups is 2. The lowest BCUT2D eigenvalue weighted by Gasteiger charge is -2.35. The molecule has 1 spiro atoms. The fourth-order valence-corrected chi connectivity index (χ4v) is 2.82. The highest BCUT2D eigenvalue weighted by Crippen LogP contribution is 2.56. The van der Waals surface area contributed by atoms with Crippen molar-refractivity contribution >= 4 is 6.03 Å². The highest BCUT2D eigenvalue weighted by atomic mass is 16.5. The molecule has 2 amide bonds. The number of nitrogens with zero attached hydrogens (tertiary/aromatic N) is 2. The van der Waals surface area contributed by atoms with Gasteiger partial charge >= 0.3 is 6.03 Å². The number of carbonyl (C=O) groups is 1. The molecule has 72 valence electrons. The number of hydrogen-bond donors (Lipinski definition) is 1. The molecule has 1 aliphatic carbocycles. The van der Waals surface area contributed by atoms with E-state index in [2.05, 4.69) is 0 Å². The maximum atomic E-state index is 11.5. The van der Waals surface area contributed by atoms with E-state index in [4.69, 9.17) is 0 Å². The molecule has 13 heavy (non-hydrogen) atoms. The highest BCUT2D eigenvalue weighted by Gasteiger charge is 2.56. The number of fused-ring (bicyclic) bond motifs is 3. The first-order valence-electron chi connectivity index (χ1n) is 5.00. The Balaban J connectivity index is 1.98. The summed E-state index contributed by atoms with van der Waals surface area (Å²) >= 11 is 0. The van der Waals surface area contributed by atoms with E-state index < -0.39 is 0 Å². The second-order valence-electron chi connectivity index (χ2n) is 4.53. The zero-order chi connectivity index (χ0) is 9.05. The van der Waals surface area contributed by atoms with E-state index in [-0.39, 0.29) is 17.5 Å². The third kappa shape index (κ3) is 0.866. The van der Waals surface area contributed by atoms with E-state index in [1.165, 1.54) is 12.8 Å². The van der Waals surface area contributed by atoms with E-state index in [9.17, 15) is 10.0 Å². The van der Waals surface area contributed by atoms with Crippen LogP contribution in [0.25, 0.3) is 0 Å². The number of carbonyl (C=O) groups excluding carboxylic acids is 1. The van der Waals surface area contributed by atoms with Crippen molar-refractivity contribution in [3.05, 3.63) is 0 Å². The molecule has 0 aromatic heterocycles. The number of urea groups is 1. The monoisotopic (exact) mass is 182 g/mol. The summed E-state index contributed by atoms with van der Waals surface area (Å²) in [5.41, 5.74) is 0.287. The van der Waals surface area contributed by atoms with Crippen LogP contribution in [0.3, 0.4) is 0 Å². The molecule has 4 nitrogen and oxygen atoms in total. The van der Waals surface area contributed by atoms with Gasteiger partial charge < -0.3 is 4.90 Å². The molecule has 2 bridgehead atoms. The Morgan fingerprint density at radius 1 is 1.31 bits per heavy atom. The van der Waals surface area contributed by atoms with Crippen molar-refractivity contribution in [2.45, 2.75) is 31.7 Å². The first kappa shape index (κ1) is 7.62. The molecule has 0 radical (unpaired) electrons. The van der Waals surface area contributed by atoms with E-state index >= 15 is 0 Å². The molecular formula is C9H14N2O2. The summed E-state index contributed by atoms with van der Waals surface area (Å²) in [5, 5.41) is 10.7. The van der Waals surface area contributed by atoms with Crippen LogP contribution in [0.5, 0.6) is 0 Å². The smallest absolute Gasteiger partial charge is 0.323 e. The van der Waals surface area contributed by atoms with Crippen molar-refractivity contribution in [2.24, 2.45) is 5.41 Å². The molecule has 0 unspecified atom stereocenters. The summed E-state index contributed by atoms with van der Waals surface area (Å²) in [5.74, 6) is 0. The fourth-order valence-electron chi connectivity index (χ4n) is 2.82. The van der Waals surface area contributed by atoms with Crippen LogP contribution in [0, 0.1) is 5.41 Å². The zero-order valence-corrected chi connectivity index (χ0v) is 7.57. The lowest BCUT2D eigenvalue weighted by Crippen LogP contribution is -2.52. The number of hydrogen-bond acceptors (Lipinski definition) is 2. The van der Waals surface area contributed by atoms with Crippen LogP contribution in [-0.4, -0.2) is 40.3 Å². The van der Waals surface area contributed by atoms with Crippen LogP contribution >= 0.6 is 0 Å². The summed E-state index contributed by atoms with van der Waals surface area (Å²) in [4.78, 5) is 13.3. The first-order chi connectivity index (χ1) is 6.23. The van der Waals surface area contributed by atoms with Gasteiger partial charge in [0.15, 0.2) is 0 Å². The van der Waals surface area contributed by atoms with E-state index in [0.29, 0.717) is 0 Å². The van der Waals surface area contributed by atoms with Crippen LogP contribution in [0.1, 0.15) is 25.7 Å². The van der Waals surface area contributed by atoms with E-state index in [1.54, 1.807) is 4.90 Å². The lowest BCUT2D eigenvalue weighted by molar-refractivity contribution is -0.116. The molecule has 3 saturated heterocycles. The van der Waals surface area contributed by atoms with Crippen LogP contribution in [-0.2, 0) is 0 Å². The topological polar surface area (TPSA) is 43.8 Å². The SMILES string of the molecule is O=C1N2CC[C@H](N1O)C1(CC2)CC1. The summed E-state index contributed by atoms with van der Waals surface area (Å²) in [6.07, 6.45) is 4.41. The van der Waals surface area contributed by atoms with Gasteiger partial charge in [0.1, 0.15) is 0 Å². The van der Waals surface area contributed by atoms with Crippen molar-refractivity contribution in [3.8, 4) is 0 Å². The minimum absolute atomic E-state index is 0.110. The Labute approximate surface area is 77.1 Å². The van der Waals surface area contributed by atoms with Gasteiger partial charge in [-0.2, -0.15) is 0 Å². The van der Waals surface area contributed by atoms with Crippen molar-refractivity contribution in [3.63, 3.8) is 0 Å². The first-order valence-corrected chi connectivity index (χ1v) is 5.00. The number of rotatable bonds is 0. The van der Waals surface area contributed by atoms with Crippen molar-refractivity contribution in [2.75, 3.05) is 13.1 Å². The summed E-state index contributed by atoms with van der Waals surface area (Å²) in [6, 6.07) is -0.0706. The van der Waals surface area contributed by atoms with Gasteiger partial charge in [0.25, 0.3) is 0 Å². The van der Waals surface area contributed by atoms with Crippen LogP contribution in [0.4, 0.5) is 4.79 Å². The largest absolute Gasteiger partial charge is 0.344 e. The van der Waals surface area contributed by atoms with Gasteiger partial charge in [0, 0.05) is 13.1 Å². The lowest BCUT2D eigenvalue weighted by atomic mass is 9.91. The normalized spacial score (nSPS) is 35.5. The summed E-state index contributed by atoms with van der Waals surface area (Å²) in [7, 11) is 0. The van der Waals surface area contributed by atoms with Gasteiger partial charge in [-0.1, -0.05) is 0 Å². The Morgan fingerprint density at radius 2 is 2.08 bits per heavy atom. The third-order valence-corrected chi connectivity index (χ3v) is 3.91. The fraction of sp³-hybridized carbons (Fsp3) is 0.889. The van der Waals surface area contributed by atoms with Gasteiger partial charge in [0.05, 0.1) is 6.04 Å². The van der Waals surface area contributed by atoms with Gasteiger partial charge in [-0.3, -0.25) is 5.21 Å². The van der Waals surface area contributed by atoms with Crippen LogP contribution in [0.2, 0.25) is 0 Å². The standard InChI is InChI=1S/C9H14N2O2/c12-8-10-5-1-7(11(8)13)9(2-3-9)4-6-10/h7,13H,1-6H2/t7-/m0/s1. The molecule has 3 aliphatic heterocycles. The molecule has 4 fully saturated rings. The average molecular weight is 182 g/mol. The number of amides is 2. The molecule has 4 rings (SSSR count). The second kappa shape index (κ2) is 2.18. The maximum Gasteiger partial charge on any atom is 0.344 e. The quantitative estimate of drug-likeness (QED) is 0.569. The minimum Gasteiger partial charge on any atom is -0.323 e. The molecule has 3 heterocycles. The van der Waals surface area contributed by atoms with Gasteiger partial charge in [0.2, 0.25) is 0 Å². The maximum absolute atomic E-state index is 11.5. The van der Waals surface area contributed by atoms with Crippen molar-refractivity contribution in [1.29, 1.82) is 0 Å². The highest BCUT2D eigenvalue weighted by molar-refractivity contribution is 5.75. The van der Waals surface area contributed by atoms with Crippen molar-refractivity contribution < 1.29 is 10.0 Å². The Hall–Kier alpha value is -0.770. The Bertz CT molecular complexity index is 262. The van der Waals surface area contributed by atoms with Gasteiger partial charge in [-0.25, -0.2) is 9.86 Å². The Kier molecular flexibility index (Phi) is 1.28. The third-order valence-electron chi connectivity index (χ3n) is 3.91. The van der Waals surface area contributed by atoms with Gasteiger partial charge in [-0.05, 0) is 31.1 Å². The second-order valence-corrected chi connectivity index (χ2v) is 4.53. The van der Waals surface area contributed by atoms with Crippen LogP contribution < -0.4 is 0 Å². The molecule has 0 aromatic carbocycles.